The Labute approximate surface area is 175 Å². The lowest BCUT2D eigenvalue weighted by Gasteiger charge is -2.38. The molecule has 3 aromatic carbocycles. The molecule has 0 radical (unpaired) electrons. The van der Waals surface area contributed by atoms with Crippen LogP contribution in [0, 0.1) is 0 Å². The highest BCUT2D eigenvalue weighted by atomic mass is 35.5. The molecule has 1 nitrogen and oxygen atoms in total. The highest BCUT2D eigenvalue weighted by Crippen LogP contribution is 2.43. The van der Waals surface area contributed by atoms with Gasteiger partial charge in [0.25, 0.3) is 0 Å². The molecule has 1 aromatic heterocycles. The van der Waals surface area contributed by atoms with Gasteiger partial charge in [0.15, 0.2) is 0 Å². The molecule has 0 aliphatic heterocycles. The minimum absolute atomic E-state index is 0. The Hall–Kier alpha value is -2.77. The van der Waals surface area contributed by atoms with E-state index in [0.717, 1.165) is 10.6 Å². The average Bonchev–Trinajstić information content (AvgIpc) is 3.21. The lowest BCUT2D eigenvalue weighted by atomic mass is 9.76. The quantitative estimate of drug-likeness (QED) is 0.311. The molecule has 0 aliphatic rings. The van der Waals surface area contributed by atoms with E-state index in [0.29, 0.717) is 0 Å². The molecule has 2 heteroatoms. The fourth-order valence-corrected chi connectivity index (χ4v) is 3.86. The third kappa shape index (κ3) is 3.76. The van der Waals surface area contributed by atoms with Gasteiger partial charge in [0, 0.05) is 23.0 Å². The highest BCUT2D eigenvalue weighted by molar-refractivity contribution is 6.31. The van der Waals surface area contributed by atoms with E-state index in [9.17, 15) is 0 Å². The largest absolute Gasteiger partial charge is 0.336 e. The summed E-state index contributed by atoms with van der Waals surface area (Å²) in [6.07, 6.45) is 4.20. The van der Waals surface area contributed by atoms with E-state index in [1.54, 1.807) is 0 Å². The number of aromatic nitrogens is 1. The molecule has 0 fully saturated rings. The van der Waals surface area contributed by atoms with Crippen molar-refractivity contribution in [3.05, 3.63) is 131 Å². The molecule has 1 heterocycles. The Bertz CT molecular complexity index is 905. The van der Waals surface area contributed by atoms with Gasteiger partial charge in [0.2, 0.25) is 0 Å². The van der Waals surface area contributed by atoms with Gasteiger partial charge in [-0.15, -0.1) is 0 Å². The second-order valence-corrected chi connectivity index (χ2v) is 6.42. The normalized spacial score (nSPS) is 10.2. The zero-order valence-corrected chi connectivity index (χ0v) is 14.5. The third-order valence-corrected chi connectivity index (χ3v) is 4.97. The fourth-order valence-electron chi connectivity index (χ4n) is 3.59. The predicted molar refractivity (Wildman–Crippen MR) is 124 cm³/mol. The lowest BCUT2D eigenvalue weighted by molar-refractivity contribution is 0.518. The Kier molecular flexibility index (Phi) is 8.28. The minimum Gasteiger partial charge on any atom is -0.336 e. The average molecular weight is 392 g/mol. The summed E-state index contributed by atoms with van der Waals surface area (Å²) in [5.74, 6) is 0. The van der Waals surface area contributed by atoms with Gasteiger partial charge in [-0.05, 0) is 29.3 Å². The van der Waals surface area contributed by atoms with Crippen LogP contribution in [0.2, 0.25) is 5.02 Å². The Morgan fingerprint density at radius 2 is 0.964 bits per heavy atom. The van der Waals surface area contributed by atoms with Gasteiger partial charge in [-0.3, -0.25) is 0 Å². The van der Waals surface area contributed by atoms with Crippen LogP contribution < -0.4 is 0 Å². The van der Waals surface area contributed by atoms with Crippen molar-refractivity contribution in [2.24, 2.45) is 0 Å². The number of hydrogen-bond acceptors (Lipinski definition) is 0. The maximum atomic E-state index is 6.71. The topological polar surface area (TPSA) is 4.93 Å². The SMILES string of the molecule is C.C.C.Clc1ccccc1C(c1ccccc1)(c1ccccc1)n1cccc1. The van der Waals surface area contributed by atoms with Crippen molar-refractivity contribution < 1.29 is 0 Å². The fraction of sp³-hybridized carbons (Fsp3) is 0.154. The van der Waals surface area contributed by atoms with Crippen LogP contribution >= 0.6 is 11.6 Å². The molecule has 0 atom stereocenters. The molecule has 0 saturated heterocycles. The second kappa shape index (κ2) is 9.96. The van der Waals surface area contributed by atoms with Crippen LogP contribution in [0.5, 0.6) is 0 Å². The molecule has 4 rings (SSSR count). The van der Waals surface area contributed by atoms with Crippen molar-refractivity contribution >= 4 is 11.6 Å². The Morgan fingerprint density at radius 1 is 0.536 bits per heavy atom. The number of halogens is 1. The first kappa shape index (κ1) is 23.3. The molecule has 0 unspecified atom stereocenters. The van der Waals surface area contributed by atoms with Crippen molar-refractivity contribution in [2.75, 3.05) is 0 Å². The Balaban J connectivity index is 0.00000131. The molecule has 4 aromatic rings. The van der Waals surface area contributed by atoms with E-state index in [1.807, 2.05) is 30.3 Å². The summed E-state index contributed by atoms with van der Waals surface area (Å²) in [4.78, 5) is 0. The molecule has 146 valence electrons. The summed E-state index contributed by atoms with van der Waals surface area (Å²) in [6.45, 7) is 0. The van der Waals surface area contributed by atoms with Gasteiger partial charge in [-0.25, -0.2) is 0 Å². The standard InChI is InChI=1S/C23H18ClN.3CH4/c24-22-16-8-7-15-21(22)23(25-17-9-10-18-25,19-11-3-1-4-12-19)20-13-5-2-6-14-20;;;/h1-18H;3*1H4. The van der Waals surface area contributed by atoms with Gasteiger partial charge < -0.3 is 4.57 Å². The zero-order chi connectivity index (χ0) is 17.1. The molecule has 0 bridgehead atoms. The smallest absolute Gasteiger partial charge is 0.121 e. The molecule has 28 heavy (non-hydrogen) atoms. The van der Waals surface area contributed by atoms with Crippen LogP contribution in [0.1, 0.15) is 39.0 Å². The van der Waals surface area contributed by atoms with Crippen LogP contribution in [-0.2, 0) is 5.54 Å². The van der Waals surface area contributed by atoms with Crippen LogP contribution in [0.25, 0.3) is 0 Å². The van der Waals surface area contributed by atoms with Gasteiger partial charge in [-0.2, -0.15) is 0 Å². The Morgan fingerprint density at radius 3 is 1.43 bits per heavy atom. The van der Waals surface area contributed by atoms with Gasteiger partial charge in [0.1, 0.15) is 5.54 Å². The zero-order valence-electron chi connectivity index (χ0n) is 13.7. The number of rotatable bonds is 4. The van der Waals surface area contributed by atoms with Crippen molar-refractivity contribution in [3.8, 4) is 0 Å². The highest BCUT2D eigenvalue weighted by Gasteiger charge is 2.39. The molecular formula is C26H30ClN. The summed E-state index contributed by atoms with van der Waals surface area (Å²) in [6, 6.07) is 33.2. The van der Waals surface area contributed by atoms with Crippen LogP contribution in [0.15, 0.2) is 109 Å². The minimum atomic E-state index is -0.523. The molecule has 0 spiro atoms. The van der Waals surface area contributed by atoms with Crippen LogP contribution in [-0.4, -0.2) is 4.57 Å². The molecule has 0 aliphatic carbocycles. The van der Waals surface area contributed by atoms with E-state index in [2.05, 4.69) is 83.7 Å². The van der Waals surface area contributed by atoms with E-state index in [-0.39, 0.29) is 22.3 Å². The van der Waals surface area contributed by atoms with E-state index >= 15 is 0 Å². The van der Waals surface area contributed by atoms with Gasteiger partial charge in [0.05, 0.1) is 0 Å². The van der Waals surface area contributed by atoms with E-state index in [1.165, 1.54) is 11.1 Å². The first-order valence-corrected chi connectivity index (χ1v) is 8.71. The third-order valence-electron chi connectivity index (χ3n) is 4.64. The molecular weight excluding hydrogens is 362 g/mol. The van der Waals surface area contributed by atoms with E-state index in [4.69, 9.17) is 11.6 Å². The lowest BCUT2D eigenvalue weighted by Crippen LogP contribution is -2.37. The maximum absolute atomic E-state index is 6.71. The van der Waals surface area contributed by atoms with Gasteiger partial charge >= 0.3 is 0 Å². The monoisotopic (exact) mass is 391 g/mol. The van der Waals surface area contributed by atoms with Gasteiger partial charge in [-0.1, -0.05) is 113 Å². The molecule has 0 N–H and O–H groups in total. The maximum Gasteiger partial charge on any atom is 0.121 e. The summed E-state index contributed by atoms with van der Waals surface area (Å²) in [5, 5.41) is 0.754. The van der Waals surface area contributed by atoms with Crippen LogP contribution in [0.3, 0.4) is 0 Å². The summed E-state index contributed by atoms with van der Waals surface area (Å²) in [7, 11) is 0. The van der Waals surface area contributed by atoms with E-state index < -0.39 is 5.54 Å². The van der Waals surface area contributed by atoms with Crippen LogP contribution in [0.4, 0.5) is 0 Å². The second-order valence-electron chi connectivity index (χ2n) is 6.01. The van der Waals surface area contributed by atoms with Crippen molar-refractivity contribution in [1.29, 1.82) is 0 Å². The van der Waals surface area contributed by atoms with Crippen molar-refractivity contribution in [2.45, 2.75) is 27.8 Å². The first-order valence-electron chi connectivity index (χ1n) is 8.33. The first-order chi connectivity index (χ1) is 12.3. The summed E-state index contributed by atoms with van der Waals surface area (Å²) in [5.41, 5.74) is 2.88. The number of hydrogen-bond donors (Lipinski definition) is 0. The van der Waals surface area contributed by atoms with Crippen molar-refractivity contribution in [3.63, 3.8) is 0 Å². The molecule has 0 amide bonds. The summed E-state index contributed by atoms with van der Waals surface area (Å²) < 4.78 is 2.24. The number of nitrogens with zero attached hydrogens (tertiary/aromatic N) is 1. The van der Waals surface area contributed by atoms with Crippen molar-refractivity contribution in [1.82, 2.24) is 4.57 Å². The number of benzene rings is 3. The summed E-state index contributed by atoms with van der Waals surface area (Å²) >= 11 is 6.71. The molecule has 0 saturated carbocycles. The predicted octanol–water partition coefficient (Wildman–Crippen LogP) is 7.89.